The molecule has 0 radical (unpaired) electrons. The molecule has 0 amide bonds. The lowest BCUT2D eigenvalue weighted by atomic mass is 9.95. The van der Waals surface area contributed by atoms with Gasteiger partial charge in [-0.25, -0.2) is 0 Å². The van der Waals surface area contributed by atoms with Gasteiger partial charge >= 0.3 is 5.97 Å². The number of rotatable bonds is 3. The molecule has 0 N–H and O–H groups in total. The van der Waals surface area contributed by atoms with Crippen LogP contribution < -0.4 is 0 Å². The predicted octanol–water partition coefficient (Wildman–Crippen LogP) is 0.797. The molecule has 2 aliphatic rings. The summed E-state index contributed by atoms with van der Waals surface area (Å²) in [6.45, 7) is 3.74. The SMILES string of the molecule is CCOC(=O)C1CCN([C@@H]2C=CN=CC2=O)CC1. The molecule has 2 aliphatic heterocycles. The number of piperidine rings is 1. The number of carbonyl (C=O) groups excluding carboxylic acids is 2. The van der Waals surface area contributed by atoms with Gasteiger partial charge in [0.1, 0.15) is 0 Å². The third-order valence-corrected chi connectivity index (χ3v) is 3.39. The van der Waals surface area contributed by atoms with Crippen molar-refractivity contribution in [3.8, 4) is 0 Å². The number of carbonyl (C=O) groups is 2. The molecule has 0 aromatic rings. The second kappa shape index (κ2) is 5.91. The number of Topliss-reactive ketones (excluding diaryl/α,β-unsaturated/α-hetero) is 1. The molecular weight excluding hydrogens is 232 g/mol. The molecule has 98 valence electrons. The van der Waals surface area contributed by atoms with Crippen molar-refractivity contribution in [3.63, 3.8) is 0 Å². The Balaban J connectivity index is 1.87. The number of hydrogen-bond acceptors (Lipinski definition) is 5. The summed E-state index contributed by atoms with van der Waals surface area (Å²) in [5.41, 5.74) is 0. The monoisotopic (exact) mass is 250 g/mol. The van der Waals surface area contributed by atoms with Gasteiger partial charge in [0.25, 0.3) is 0 Å². The fourth-order valence-electron chi connectivity index (χ4n) is 2.39. The Bertz CT molecular complexity index is 382. The van der Waals surface area contributed by atoms with Crippen molar-refractivity contribution in [2.45, 2.75) is 25.8 Å². The summed E-state index contributed by atoms with van der Waals surface area (Å²) in [4.78, 5) is 29.2. The number of esters is 1. The first-order chi connectivity index (χ1) is 8.72. The lowest BCUT2D eigenvalue weighted by Gasteiger charge is -2.34. The first kappa shape index (κ1) is 13.0. The fourth-order valence-corrected chi connectivity index (χ4v) is 2.39. The maximum atomic E-state index is 11.7. The van der Waals surface area contributed by atoms with Gasteiger partial charge in [-0.2, -0.15) is 0 Å². The maximum absolute atomic E-state index is 11.7. The molecule has 5 heteroatoms. The van der Waals surface area contributed by atoms with Crippen LogP contribution in [-0.4, -0.2) is 48.6 Å². The Hall–Kier alpha value is -1.49. The maximum Gasteiger partial charge on any atom is 0.309 e. The second-order valence-corrected chi connectivity index (χ2v) is 4.53. The van der Waals surface area contributed by atoms with Crippen LogP contribution in [-0.2, 0) is 14.3 Å². The highest BCUT2D eigenvalue weighted by Gasteiger charge is 2.31. The molecule has 1 atom stereocenters. The van der Waals surface area contributed by atoms with Crippen molar-refractivity contribution in [3.05, 3.63) is 12.3 Å². The van der Waals surface area contributed by atoms with Crippen LogP contribution >= 0.6 is 0 Å². The second-order valence-electron chi connectivity index (χ2n) is 4.53. The topological polar surface area (TPSA) is 59.0 Å². The minimum absolute atomic E-state index is 0.0162. The van der Waals surface area contributed by atoms with Crippen LogP contribution in [0, 0.1) is 5.92 Å². The lowest BCUT2D eigenvalue weighted by molar-refractivity contribution is -0.149. The van der Waals surface area contributed by atoms with E-state index in [1.165, 1.54) is 6.21 Å². The van der Waals surface area contributed by atoms with Gasteiger partial charge in [0.2, 0.25) is 0 Å². The van der Waals surface area contributed by atoms with Crippen molar-refractivity contribution in [1.29, 1.82) is 0 Å². The quantitative estimate of drug-likeness (QED) is 0.695. The predicted molar refractivity (Wildman–Crippen MR) is 67.4 cm³/mol. The van der Waals surface area contributed by atoms with E-state index in [1.807, 2.05) is 13.0 Å². The zero-order valence-electron chi connectivity index (χ0n) is 10.5. The summed E-state index contributed by atoms with van der Waals surface area (Å²) in [5.74, 6) is -0.103. The summed E-state index contributed by atoms with van der Waals surface area (Å²) >= 11 is 0. The van der Waals surface area contributed by atoms with Gasteiger partial charge in [-0.1, -0.05) is 0 Å². The third-order valence-electron chi connectivity index (χ3n) is 3.39. The molecule has 0 aliphatic carbocycles. The number of nitrogens with zero attached hydrogens (tertiary/aromatic N) is 2. The summed E-state index contributed by atoms with van der Waals surface area (Å²) in [6.07, 6.45) is 6.35. The third kappa shape index (κ3) is 2.85. The van der Waals surface area contributed by atoms with Crippen LogP contribution in [0.5, 0.6) is 0 Å². The lowest BCUT2D eigenvalue weighted by Crippen LogP contribution is -2.46. The van der Waals surface area contributed by atoms with Crippen molar-refractivity contribution in [2.75, 3.05) is 19.7 Å². The largest absolute Gasteiger partial charge is 0.466 e. The van der Waals surface area contributed by atoms with Crippen LogP contribution in [0.15, 0.2) is 17.3 Å². The molecule has 1 fully saturated rings. The van der Waals surface area contributed by atoms with E-state index in [-0.39, 0.29) is 23.7 Å². The normalized spacial score (nSPS) is 25.4. The summed E-state index contributed by atoms with van der Waals surface area (Å²) in [5, 5.41) is 0. The van der Waals surface area contributed by atoms with Gasteiger partial charge in [-0.15, -0.1) is 0 Å². The van der Waals surface area contributed by atoms with E-state index in [0.717, 1.165) is 25.9 Å². The molecule has 0 saturated carbocycles. The molecule has 0 aromatic carbocycles. The van der Waals surface area contributed by atoms with E-state index in [4.69, 9.17) is 4.74 Å². The highest BCUT2D eigenvalue weighted by molar-refractivity contribution is 6.31. The van der Waals surface area contributed by atoms with E-state index in [1.54, 1.807) is 6.20 Å². The molecule has 18 heavy (non-hydrogen) atoms. The Kier molecular flexibility index (Phi) is 4.25. The van der Waals surface area contributed by atoms with Crippen LogP contribution in [0.1, 0.15) is 19.8 Å². The van der Waals surface area contributed by atoms with Crippen molar-refractivity contribution in [1.82, 2.24) is 4.90 Å². The number of likely N-dealkylation sites (tertiary alicyclic amines) is 1. The van der Waals surface area contributed by atoms with Crippen molar-refractivity contribution in [2.24, 2.45) is 10.9 Å². The van der Waals surface area contributed by atoms with E-state index in [2.05, 4.69) is 9.89 Å². The summed E-state index contributed by atoms with van der Waals surface area (Å²) in [6, 6.07) is -0.203. The van der Waals surface area contributed by atoms with E-state index in [9.17, 15) is 9.59 Å². The summed E-state index contributed by atoms with van der Waals surface area (Å²) < 4.78 is 5.02. The van der Waals surface area contributed by atoms with Crippen LogP contribution in [0.2, 0.25) is 0 Å². The molecule has 2 rings (SSSR count). The first-order valence-electron chi connectivity index (χ1n) is 6.36. The van der Waals surface area contributed by atoms with E-state index in [0.29, 0.717) is 6.61 Å². The Morgan fingerprint density at radius 3 is 2.83 bits per heavy atom. The number of ketones is 1. The van der Waals surface area contributed by atoms with E-state index < -0.39 is 0 Å². The van der Waals surface area contributed by atoms with Gasteiger partial charge < -0.3 is 4.74 Å². The standard InChI is InChI=1S/C13H18N2O3/c1-2-18-13(17)10-4-7-15(8-5-10)11-3-6-14-9-12(11)16/h3,6,9-11H,2,4-5,7-8H2,1H3/t11-/m1/s1. The minimum Gasteiger partial charge on any atom is -0.466 e. The number of aliphatic imine (C=N–C) groups is 1. The van der Waals surface area contributed by atoms with Gasteiger partial charge in [0.05, 0.1) is 24.8 Å². The summed E-state index contributed by atoms with van der Waals surface area (Å²) in [7, 11) is 0. The van der Waals surface area contributed by atoms with Crippen molar-refractivity contribution < 1.29 is 14.3 Å². The van der Waals surface area contributed by atoms with Gasteiger partial charge in [0, 0.05) is 6.20 Å². The Morgan fingerprint density at radius 2 is 2.22 bits per heavy atom. The fraction of sp³-hybridized carbons (Fsp3) is 0.615. The van der Waals surface area contributed by atoms with Crippen LogP contribution in [0.25, 0.3) is 0 Å². The number of ether oxygens (including phenoxy) is 1. The smallest absolute Gasteiger partial charge is 0.309 e. The molecule has 2 heterocycles. The highest BCUT2D eigenvalue weighted by atomic mass is 16.5. The number of hydrogen-bond donors (Lipinski definition) is 0. The van der Waals surface area contributed by atoms with Crippen LogP contribution in [0.4, 0.5) is 0 Å². The molecule has 5 nitrogen and oxygen atoms in total. The van der Waals surface area contributed by atoms with Crippen LogP contribution in [0.3, 0.4) is 0 Å². The van der Waals surface area contributed by atoms with E-state index >= 15 is 0 Å². The zero-order valence-corrected chi connectivity index (χ0v) is 10.5. The van der Waals surface area contributed by atoms with Gasteiger partial charge in [-0.3, -0.25) is 19.5 Å². The molecule has 0 aromatic heterocycles. The molecular formula is C13H18N2O3. The first-order valence-corrected chi connectivity index (χ1v) is 6.36. The zero-order chi connectivity index (χ0) is 13.0. The average molecular weight is 250 g/mol. The van der Waals surface area contributed by atoms with Gasteiger partial charge in [-0.05, 0) is 38.9 Å². The molecule has 0 unspecified atom stereocenters. The Morgan fingerprint density at radius 1 is 1.50 bits per heavy atom. The van der Waals surface area contributed by atoms with Gasteiger partial charge in [0.15, 0.2) is 5.78 Å². The molecule has 1 saturated heterocycles. The molecule has 0 bridgehead atoms. The molecule has 0 spiro atoms. The highest BCUT2D eigenvalue weighted by Crippen LogP contribution is 2.21. The van der Waals surface area contributed by atoms with Crippen molar-refractivity contribution >= 4 is 18.0 Å². The average Bonchev–Trinajstić information content (AvgIpc) is 2.40. The Labute approximate surface area is 107 Å². The minimum atomic E-state index is -0.203.